The van der Waals surface area contributed by atoms with Gasteiger partial charge in [-0.15, -0.1) is 23.5 Å². The highest BCUT2D eigenvalue weighted by Gasteiger charge is 2.28. The number of ether oxygens (including phenoxy) is 1. The summed E-state index contributed by atoms with van der Waals surface area (Å²) in [6.45, 7) is 1.73. The van der Waals surface area contributed by atoms with Crippen LogP contribution in [0.1, 0.15) is 27.4 Å². The molecule has 0 bridgehead atoms. The number of hydrogen-bond acceptors (Lipinski definition) is 7. The monoisotopic (exact) mass is 356 g/mol. The first-order valence-electron chi connectivity index (χ1n) is 6.92. The molecule has 1 aliphatic rings. The highest BCUT2D eigenvalue weighted by atomic mass is 32.2. The standard InChI is InChI=1S/C15H13FO5S2/c1-2-20-13(18)8-5-7-6-9(16)11(17)10(12(7)21-14(8)19)15-22-3-4-23-15/h5-6,15,17H,2-4H2,1H3. The molecular formula is C15H13FO5S2. The van der Waals surface area contributed by atoms with E-state index in [2.05, 4.69) is 0 Å². The lowest BCUT2D eigenvalue weighted by Gasteiger charge is -2.14. The van der Waals surface area contributed by atoms with Crippen molar-refractivity contribution in [3.63, 3.8) is 0 Å². The molecular weight excluding hydrogens is 343 g/mol. The van der Waals surface area contributed by atoms with Crippen LogP contribution >= 0.6 is 23.5 Å². The zero-order valence-corrected chi connectivity index (χ0v) is 13.8. The summed E-state index contributed by atoms with van der Waals surface area (Å²) >= 11 is 3.08. The highest BCUT2D eigenvalue weighted by Crippen LogP contribution is 2.50. The van der Waals surface area contributed by atoms with Crippen molar-refractivity contribution in [2.24, 2.45) is 0 Å². The normalized spacial score (nSPS) is 15.2. The average Bonchev–Trinajstić information content (AvgIpc) is 3.03. The Morgan fingerprint density at radius 3 is 2.78 bits per heavy atom. The molecule has 2 aromatic rings. The van der Waals surface area contributed by atoms with Gasteiger partial charge in [-0.2, -0.15) is 0 Å². The minimum atomic E-state index is -0.865. The summed E-state index contributed by atoms with van der Waals surface area (Å²) in [5, 5.41) is 10.3. The van der Waals surface area contributed by atoms with E-state index in [1.807, 2.05) is 0 Å². The van der Waals surface area contributed by atoms with Gasteiger partial charge in [0.15, 0.2) is 11.6 Å². The average molecular weight is 356 g/mol. The summed E-state index contributed by atoms with van der Waals surface area (Å²) in [5.74, 6) is -0.431. The molecule has 3 rings (SSSR count). The Hall–Kier alpha value is -1.67. The van der Waals surface area contributed by atoms with Gasteiger partial charge in [-0.25, -0.2) is 14.0 Å². The summed E-state index contributed by atoms with van der Waals surface area (Å²) in [6.07, 6.45) is 0. The van der Waals surface area contributed by atoms with Crippen LogP contribution in [0.5, 0.6) is 5.75 Å². The molecule has 0 saturated carbocycles. The number of phenolic OH excluding ortho intramolecular Hbond substituents is 1. The summed E-state index contributed by atoms with van der Waals surface area (Å²) in [5.41, 5.74) is -0.799. The third-order valence-electron chi connectivity index (χ3n) is 3.34. The van der Waals surface area contributed by atoms with E-state index in [9.17, 15) is 19.1 Å². The van der Waals surface area contributed by atoms with Crippen LogP contribution in [-0.4, -0.2) is 29.2 Å². The van der Waals surface area contributed by atoms with Crippen LogP contribution in [-0.2, 0) is 4.74 Å². The molecule has 0 spiro atoms. The Balaban J connectivity index is 2.23. The number of esters is 1. The van der Waals surface area contributed by atoms with E-state index in [-0.39, 0.29) is 33.3 Å². The fourth-order valence-corrected chi connectivity index (χ4v) is 5.27. The van der Waals surface area contributed by atoms with E-state index in [4.69, 9.17) is 9.15 Å². The summed E-state index contributed by atoms with van der Waals surface area (Å²) in [6, 6.07) is 2.29. The van der Waals surface area contributed by atoms with Gasteiger partial charge in [0.05, 0.1) is 16.8 Å². The van der Waals surface area contributed by atoms with E-state index in [1.54, 1.807) is 30.4 Å². The number of benzene rings is 1. The number of fused-ring (bicyclic) bond motifs is 1. The molecule has 122 valence electrons. The SMILES string of the molecule is CCOC(=O)c1cc2cc(F)c(O)c(C3SCCS3)c2oc1=O. The quantitative estimate of drug-likeness (QED) is 0.668. The smallest absolute Gasteiger partial charge is 0.351 e. The minimum absolute atomic E-state index is 0.105. The number of thioether (sulfide) groups is 2. The van der Waals surface area contributed by atoms with Crippen molar-refractivity contribution in [3.8, 4) is 5.75 Å². The van der Waals surface area contributed by atoms with Crippen molar-refractivity contribution in [2.75, 3.05) is 18.1 Å². The molecule has 1 saturated heterocycles. The van der Waals surface area contributed by atoms with Gasteiger partial charge in [-0.05, 0) is 19.1 Å². The number of phenols is 1. The van der Waals surface area contributed by atoms with Gasteiger partial charge in [0, 0.05) is 16.9 Å². The second-order valence-corrected chi connectivity index (χ2v) is 7.50. The Labute approximate surface area is 139 Å². The van der Waals surface area contributed by atoms with E-state index < -0.39 is 23.2 Å². The number of carbonyl (C=O) groups excluding carboxylic acids is 1. The topological polar surface area (TPSA) is 76.7 Å². The third kappa shape index (κ3) is 2.92. The van der Waals surface area contributed by atoms with E-state index in [1.165, 1.54) is 6.07 Å². The van der Waals surface area contributed by atoms with Crippen molar-refractivity contribution in [3.05, 3.63) is 39.5 Å². The molecule has 1 aromatic carbocycles. The minimum Gasteiger partial charge on any atom is -0.504 e. The van der Waals surface area contributed by atoms with Crippen LogP contribution in [0.4, 0.5) is 4.39 Å². The third-order valence-corrected chi connectivity index (χ3v) is 6.37. The second kappa shape index (κ2) is 6.45. The maximum atomic E-state index is 14.0. The Bertz CT molecular complexity index is 827. The number of halogens is 1. The van der Waals surface area contributed by atoms with Gasteiger partial charge in [0.2, 0.25) is 0 Å². The summed E-state index contributed by atoms with van der Waals surface area (Å²) in [7, 11) is 0. The molecule has 1 aliphatic heterocycles. The maximum absolute atomic E-state index is 14.0. The van der Waals surface area contributed by atoms with Crippen molar-refractivity contribution >= 4 is 40.5 Å². The van der Waals surface area contributed by atoms with E-state index >= 15 is 0 Å². The molecule has 8 heteroatoms. The predicted molar refractivity (Wildman–Crippen MR) is 87.7 cm³/mol. The molecule has 0 aliphatic carbocycles. The first-order chi connectivity index (χ1) is 11.0. The molecule has 1 fully saturated rings. The molecule has 5 nitrogen and oxygen atoms in total. The lowest BCUT2D eigenvalue weighted by Crippen LogP contribution is -2.16. The lowest BCUT2D eigenvalue weighted by molar-refractivity contribution is 0.0521. The van der Waals surface area contributed by atoms with E-state index in [0.29, 0.717) is 0 Å². The van der Waals surface area contributed by atoms with Gasteiger partial charge < -0.3 is 14.3 Å². The zero-order valence-electron chi connectivity index (χ0n) is 12.1. The van der Waals surface area contributed by atoms with Gasteiger partial charge >= 0.3 is 11.6 Å². The first kappa shape index (κ1) is 16.2. The van der Waals surface area contributed by atoms with Crippen LogP contribution in [0.3, 0.4) is 0 Å². The van der Waals surface area contributed by atoms with Gasteiger partial charge in [0.1, 0.15) is 11.1 Å². The highest BCUT2D eigenvalue weighted by molar-refractivity contribution is 8.19. The Morgan fingerprint density at radius 1 is 1.43 bits per heavy atom. The van der Waals surface area contributed by atoms with Crippen LogP contribution in [0.15, 0.2) is 21.3 Å². The number of rotatable bonds is 3. The molecule has 0 atom stereocenters. The fraction of sp³-hybridized carbons (Fsp3) is 0.333. The first-order valence-corrected chi connectivity index (χ1v) is 9.02. The molecule has 0 unspecified atom stereocenters. The molecule has 23 heavy (non-hydrogen) atoms. The molecule has 1 N–H and O–H groups in total. The van der Waals surface area contributed by atoms with E-state index in [0.717, 1.165) is 17.6 Å². The van der Waals surface area contributed by atoms with Crippen molar-refractivity contribution in [1.29, 1.82) is 0 Å². The second-order valence-electron chi connectivity index (χ2n) is 4.78. The van der Waals surface area contributed by atoms with Crippen LogP contribution in [0, 0.1) is 5.82 Å². The Morgan fingerprint density at radius 2 is 2.13 bits per heavy atom. The lowest BCUT2D eigenvalue weighted by atomic mass is 10.1. The Kier molecular flexibility index (Phi) is 4.54. The van der Waals surface area contributed by atoms with Gasteiger partial charge in [-0.3, -0.25) is 0 Å². The molecule has 0 amide bonds. The van der Waals surface area contributed by atoms with Gasteiger partial charge in [0.25, 0.3) is 0 Å². The summed E-state index contributed by atoms with van der Waals surface area (Å²) < 4.78 is 23.8. The molecule has 1 aromatic heterocycles. The summed E-state index contributed by atoms with van der Waals surface area (Å²) in [4.78, 5) is 23.8. The molecule has 2 heterocycles. The number of carbonyl (C=O) groups is 1. The zero-order chi connectivity index (χ0) is 16.6. The predicted octanol–water partition coefficient (Wildman–Crippen LogP) is 3.29. The number of hydrogen-bond donors (Lipinski definition) is 1. The van der Waals surface area contributed by atoms with Gasteiger partial charge in [-0.1, -0.05) is 0 Å². The van der Waals surface area contributed by atoms with Crippen molar-refractivity contribution < 1.29 is 23.4 Å². The van der Waals surface area contributed by atoms with Crippen molar-refractivity contribution in [2.45, 2.75) is 11.5 Å². The molecule has 0 radical (unpaired) electrons. The maximum Gasteiger partial charge on any atom is 0.351 e. The van der Waals surface area contributed by atoms with Crippen LogP contribution in [0.25, 0.3) is 11.0 Å². The fourth-order valence-electron chi connectivity index (χ4n) is 2.34. The van der Waals surface area contributed by atoms with Crippen LogP contribution < -0.4 is 5.63 Å². The van der Waals surface area contributed by atoms with Crippen molar-refractivity contribution in [1.82, 2.24) is 0 Å². The largest absolute Gasteiger partial charge is 0.504 e. The number of aromatic hydroxyl groups is 1. The van der Waals surface area contributed by atoms with Crippen LogP contribution in [0.2, 0.25) is 0 Å².